The summed E-state index contributed by atoms with van der Waals surface area (Å²) in [6.07, 6.45) is 0.289. The third-order valence-electron chi connectivity index (χ3n) is 4.24. The Bertz CT molecular complexity index is 884. The molecule has 0 aliphatic heterocycles. The number of fused-ring (bicyclic) bond motifs is 1. The van der Waals surface area contributed by atoms with E-state index >= 15 is 0 Å². The number of aromatic nitrogens is 2. The Morgan fingerprint density at radius 3 is 2.42 bits per heavy atom. The topological polar surface area (TPSA) is 101 Å². The maximum Gasteiger partial charge on any atom is 0.309 e. The molecule has 0 atom stereocenters. The Morgan fingerprint density at radius 2 is 1.85 bits per heavy atom. The average Bonchev–Trinajstić information content (AvgIpc) is 2.56. The lowest BCUT2D eigenvalue weighted by atomic mass is 9.90. The largest absolute Gasteiger partial charge is 0.481 e. The van der Waals surface area contributed by atoms with Crippen molar-refractivity contribution in [2.45, 2.75) is 40.7 Å². The number of carboxylic acid groups (broad SMARTS) is 1. The van der Waals surface area contributed by atoms with Gasteiger partial charge in [0.15, 0.2) is 5.69 Å². The van der Waals surface area contributed by atoms with Gasteiger partial charge < -0.3 is 10.4 Å². The van der Waals surface area contributed by atoms with E-state index in [1.54, 1.807) is 38.1 Å². The van der Waals surface area contributed by atoms with Crippen molar-refractivity contribution in [3.63, 3.8) is 0 Å². The molecule has 7 nitrogen and oxygen atoms in total. The van der Waals surface area contributed by atoms with Crippen molar-refractivity contribution in [2.24, 2.45) is 11.3 Å². The lowest BCUT2D eigenvalue weighted by Crippen LogP contribution is -2.34. The summed E-state index contributed by atoms with van der Waals surface area (Å²) in [5, 5.41) is 17.1. The highest BCUT2D eigenvalue weighted by molar-refractivity contribution is 6.04. The highest BCUT2D eigenvalue weighted by Gasteiger charge is 2.27. The van der Waals surface area contributed by atoms with Gasteiger partial charge in [-0.2, -0.15) is 5.10 Å². The van der Waals surface area contributed by atoms with Crippen LogP contribution in [-0.4, -0.2) is 33.3 Å². The Balaban J connectivity index is 2.33. The Kier molecular flexibility index (Phi) is 5.79. The van der Waals surface area contributed by atoms with Gasteiger partial charge in [0.2, 0.25) is 0 Å². The van der Waals surface area contributed by atoms with Crippen LogP contribution in [0.15, 0.2) is 29.1 Å². The van der Waals surface area contributed by atoms with Crippen LogP contribution in [-0.2, 0) is 11.3 Å². The first-order valence-corrected chi connectivity index (χ1v) is 8.65. The van der Waals surface area contributed by atoms with E-state index in [9.17, 15) is 14.4 Å². The van der Waals surface area contributed by atoms with E-state index in [1.165, 1.54) is 4.68 Å². The number of carboxylic acids is 1. The highest BCUT2D eigenvalue weighted by atomic mass is 16.4. The van der Waals surface area contributed by atoms with Crippen molar-refractivity contribution in [2.75, 3.05) is 6.54 Å². The third-order valence-corrected chi connectivity index (χ3v) is 4.24. The predicted molar refractivity (Wildman–Crippen MR) is 99.2 cm³/mol. The van der Waals surface area contributed by atoms with E-state index in [0.29, 0.717) is 17.3 Å². The van der Waals surface area contributed by atoms with E-state index in [1.807, 2.05) is 13.8 Å². The second-order valence-electron chi connectivity index (χ2n) is 7.47. The van der Waals surface area contributed by atoms with Gasteiger partial charge in [-0.1, -0.05) is 32.0 Å². The Labute approximate surface area is 152 Å². The molecule has 1 aromatic carbocycles. The number of rotatable bonds is 7. The highest BCUT2D eigenvalue weighted by Crippen LogP contribution is 2.19. The number of carbonyl (C=O) groups excluding carboxylic acids is 1. The molecule has 0 saturated heterocycles. The van der Waals surface area contributed by atoms with Crippen molar-refractivity contribution in [3.05, 3.63) is 40.3 Å². The van der Waals surface area contributed by atoms with E-state index in [2.05, 4.69) is 10.4 Å². The summed E-state index contributed by atoms with van der Waals surface area (Å²) >= 11 is 0. The number of hydrogen-bond donors (Lipinski definition) is 2. The molecule has 0 fully saturated rings. The maximum atomic E-state index is 12.6. The van der Waals surface area contributed by atoms with Crippen LogP contribution < -0.4 is 10.9 Å². The van der Waals surface area contributed by atoms with Gasteiger partial charge in [-0.25, -0.2) is 4.68 Å². The molecule has 140 valence electrons. The lowest BCUT2D eigenvalue weighted by molar-refractivity contribution is -0.147. The molecule has 1 heterocycles. The van der Waals surface area contributed by atoms with Crippen LogP contribution in [0, 0.1) is 11.3 Å². The molecule has 0 aliphatic carbocycles. The van der Waals surface area contributed by atoms with Crippen LogP contribution in [0.5, 0.6) is 0 Å². The zero-order valence-electron chi connectivity index (χ0n) is 15.6. The second kappa shape index (κ2) is 7.68. The third kappa shape index (κ3) is 4.28. The smallest absolute Gasteiger partial charge is 0.309 e. The van der Waals surface area contributed by atoms with Crippen molar-refractivity contribution < 1.29 is 14.7 Å². The van der Waals surface area contributed by atoms with Crippen LogP contribution in [0.4, 0.5) is 0 Å². The quantitative estimate of drug-likeness (QED) is 0.790. The zero-order chi connectivity index (χ0) is 19.5. The van der Waals surface area contributed by atoms with E-state index in [-0.39, 0.29) is 30.1 Å². The molecule has 7 heteroatoms. The summed E-state index contributed by atoms with van der Waals surface area (Å²) in [6.45, 7) is 7.78. The van der Waals surface area contributed by atoms with E-state index < -0.39 is 17.3 Å². The number of benzene rings is 1. The lowest BCUT2D eigenvalue weighted by Gasteiger charge is -2.19. The summed E-state index contributed by atoms with van der Waals surface area (Å²) in [7, 11) is 0. The van der Waals surface area contributed by atoms with Crippen LogP contribution in [0.3, 0.4) is 0 Å². The summed E-state index contributed by atoms with van der Waals surface area (Å²) in [5.41, 5.74) is -0.981. The molecule has 1 aromatic heterocycles. The number of carbonyl (C=O) groups is 2. The van der Waals surface area contributed by atoms with Gasteiger partial charge in [-0.05, 0) is 32.3 Å². The maximum absolute atomic E-state index is 12.6. The summed E-state index contributed by atoms with van der Waals surface area (Å²) < 4.78 is 1.32. The van der Waals surface area contributed by atoms with Gasteiger partial charge >= 0.3 is 5.97 Å². The molecule has 2 aromatic rings. The predicted octanol–water partition coefficient (Wildman–Crippen LogP) is 2.28. The van der Waals surface area contributed by atoms with Crippen LogP contribution in [0.2, 0.25) is 0 Å². The minimum absolute atomic E-state index is 0.175. The van der Waals surface area contributed by atoms with Crippen molar-refractivity contribution in [3.8, 4) is 0 Å². The first kappa shape index (κ1) is 19.6. The molecule has 0 spiro atoms. The zero-order valence-corrected chi connectivity index (χ0v) is 15.6. The second-order valence-corrected chi connectivity index (χ2v) is 7.47. The van der Waals surface area contributed by atoms with Crippen molar-refractivity contribution in [1.82, 2.24) is 15.1 Å². The van der Waals surface area contributed by atoms with E-state index in [0.717, 1.165) is 0 Å². The SMILES string of the molecule is CC(C)Cn1nc(C(=O)NCCC(C)(C)C(=O)O)c2ccccc2c1=O. The molecular weight excluding hydrogens is 334 g/mol. The number of nitrogens with one attached hydrogen (secondary N) is 1. The van der Waals surface area contributed by atoms with Crippen LogP contribution in [0.25, 0.3) is 10.8 Å². The van der Waals surface area contributed by atoms with Gasteiger partial charge in [0.1, 0.15) is 0 Å². The number of hydrogen-bond acceptors (Lipinski definition) is 4. The van der Waals surface area contributed by atoms with Crippen LogP contribution in [0.1, 0.15) is 44.6 Å². The standard InChI is InChI=1S/C19H25N3O4/c1-12(2)11-22-17(24)14-8-6-5-7-13(14)15(21-22)16(23)20-10-9-19(3,4)18(25)26/h5-8,12H,9-11H2,1-4H3,(H,20,23)(H,25,26). The molecule has 0 radical (unpaired) electrons. The number of nitrogens with zero attached hydrogens (tertiary/aromatic N) is 2. The minimum Gasteiger partial charge on any atom is -0.481 e. The normalized spacial score (nSPS) is 11.7. The average molecular weight is 359 g/mol. The molecule has 2 rings (SSSR count). The molecule has 0 saturated carbocycles. The summed E-state index contributed by atoms with van der Waals surface area (Å²) in [4.78, 5) is 36.4. The molecule has 2 N–H and O–H groups in total. The first-order valence-electron chi connectivity index (χ1n) is 8.65. The molecule has 0 bridgehead atoms. The van der Waals surface area contributed by atoms with Gasteiger partial charge in [0.05, 0.1) is 10.8 Å². The summed E-state index contributed by atoms with van der Waals surface area (Å²) in [5.74, 6) is -1.13. The van der Waals surface area contributed by atoms with Gasteiger partial charge in [0, 0.05) is 18.5 Å². The minimum atomic E-state index is -0.931. The van der Waals surface area contributed by atoms with E-state index in [4.69, 9.17) is 5.11 Å². The van der Waals surface area contributed by atoms with Crippen molar-refractivity contribution >= 4 is 22.6 Å². The monoisotopic (exact) mass is 359 g/mol. The molecule has 0 unspecified atom stereocenters. The van der Waals surface area contributed by atoms with Gasteiger partial charge in [-0.15, -0.1) is 0 Å². The van der Waals surface area contributed by atoms with Crippen molar-refractivity contribution in [1.29, 1.82) is 0 Å². The molecule has 1 amide bonds. The fraction of sp³-hybridized carbons (Fsp3) is 0.474. The molecule has 0 aliphatic rings. The molecular formula is C19H25N3O4. The van der Waals surface area contributed by atoms with Crippen LogP contribution >= 0.6 is 0 Å². The van der Waals surface area contributed by atoms with Gasteiger partial charge in [0.25, 0.3) is 11.5 Å². The van der Waals surface area contributed by atoms with Gasteiger partial charge in [-0.3, -0.25) is 14.4 Å². The fourth-order valence-electron chi connectivity index (χ4n) is 2.55. The fourth-order valence-corrected chi connectivity index (χ4v) is 2.55. The Morgan fingerprint density at radius 1 is 1.23 bits per heavy atom. The molecule has 26 heavy (non-hydrogen) atoms. The number of aliphatic carboxylic acids is 1. The Hall–Kier alpha value is -2.70. The number of amides is 1. The summed E-state index contributed by atoms with van der Waals surface area (Å²) in [6, 6.07) is 6.88. The first-order chi connectivity index (χ1) is 12.1.